The van der Waals surface area contributed by atoms with E-state index in [9.17, 15) is 14.7 Å². The van der Waals surface area contributed by atoms with E-state index in [4.69, 9.17) is 15.3 Å². The van der Waals surface area contributed by atoms with Crippen molar-refractivity contribution in [3.63, 3.8) is 0 Å². The van der Waals surface area contributed by atoms with Crippen LogP contribution in [0.1, 0.15) is 52.9 Å². The van der Waals surface area contributed by atoms with Gasteiger partial charge in [-0.05, 0) is 38.2 Å². The third-order valence-corrected chi connectivity index (χ3v) is 3.92. The molecule has 0 saturated carbocycles. The molecule has 4 N–H and O–H groups in total. The summed E-state index contributed by atoms with van der Waals surface area (Å²) in [6.07, 6.45) is 5.76. The molecule has 0 aliphatic carbocycles. The second-order valence-electron chi connectivity index (χ2n) is 6.51. The number of hydrogen-bond acceptors (Lipinski definition) is 4. The summed E-state index contributed by atoms with van der Waals surface area (Å²) in [6.45, 7) is 5.28. The molecule has 3 atom stereocenters. The first-order chi connectivity index (χ1) is 11.2. The Morgan fingerprint density at radius 2 is 1.62 bits per heavy atom. The van der Waals surface area contributed by atoms with E-state index in [0.29, 0.717) is 24.3 Å². The SMILES string of the molecule is CC(=C\C(=O)O)/C=C(\C)C[C@H](C)CCCC[C@@H](O)[C@@H](CO)C(=O)O. The first-order valence-electron chi connectivity index (χ1n) is 8.27. The summed E-state index contributed by atoms with van der Waals surface area (Å²) in [7, 11) is 0. The van der Waals surface area contributed by atoms with E-state index in [0.717, 1.165) is 24.8 Å². The molecule has 0 heterocycles. The number of hydrogen-bond donors (Lipinski definition) is 4. The van der Waals surface area contributed by atoms with E-state index in [-0.39, 0.29) is 0 Å². The number of rotatable bonds is 12. The van der Waals surface area contributed by atoms with Crippen molar-refractivity contribution < 1.29 is 30.0 Å². The summed E-state index contributed by atoms with van der Waals surface area (Å²) in [6, 6.07) is 0. The molecule has 0 fully saturated rings. The largest absolute Gasteiger partial charge is 0.481 e. The lowest BCUT2D eigenvalue weighted by atomic mass is 9.93. The Bertz CT molecular complexity index is 466. The van der Waals surface area contributed by atoms with Gasteiger partial charge in [0.15, 0.2) is 0 Å². The zero-order valence-electron chi connectivity index (χ0n) is 14.7. The number of aliphatic hydroxyl groups is 2. The molecule has 0 unspecified atom stereocenters. The second kappa shape index (κ2) is 11.8. The van der Waals surface area contributed by atoms with Crippen molar-refractivity contribution in [2.24, 2.45) is 11.8 Å². The highest BCUT2D eigenvalue weighted by Crippen LogP contribution is 2.20. The number of carboxylic acid groups (broad SMARTS) is 2. The Balaban J connectivity index is 4.14. The fourth-order valence-corrected chi connectivity index (χ4v) is 2.75. The lowest BCUT2D eigenvalue weighted by Crippen LogP contribution is -2.31. The maximum atomic E-state index is 10.8. The topological polar surface area (TPSA) is 115 Å². The number of aliphatic carboxylic acids is 2. The Morgan fingerprint density at radius 3 is 2.12 bits per heavy atom. The summed E-state index contributed by atoms with van der Waals surface area (Å²) >= 11 is 0. The van der Waals surface area contributed by atoms with Gasteiger partial charge in [0.25, 0.3) is 0 Å². The Labute approximate surface area is 143 Å². The first-order valence-corrected chi connectivity index (χ1v) is 8.27. The van der Waals surface area contributed by atoms with E-state index >= 15 is 0 Å². The number of carboxylic acids is 2. The zero-order chi connectivity index (χ0) is 18.7. The molecule has 0 aromatic heterocycles. The fraction of sp³-hybridized carbons (Fsp3) is 0.667. The smallest absolute Gasteiger partial charge is 0.328 e. The van der Waals surface area contributed by atoms with Crippen molar-refractivity contribution in [1.29, 1.82) is 0 Å². The third kappa shape index (κ3) is 10.2. The van der Waals surface area contributed by atoms with Crippen LogP contribution in [0.5, 0.6) is 0 Å². The maximum Gasteiger partial charge on any atom is 0.328 e. The van der Waals surface area contributed by atoms with Crippen LogP contribution in [0.4, 0.5) is 0 Å². The minimum Gasteiger partial charge on any atom is -0.481 e. The van der Waals surface area contributed by atoms with Crippen LogP contribution >= 0.6 is 0 Å². The number of allylic oxidation sites excluding steroid dienone is 3. The predicted molar refractivity (Wildman–Crippen MR) is 91.6 cm³/mol. The van der Waals surface area contributed by atoms with E-state index in [2.05, 4.69) is 6.92 Å². The molecule has 0 aromatic carbocycles. The van der Waals surface area contributed by atoms with Crippen LogP contribution in [0.25, 0.3) is 0 Å². The highest BCUT2D eigenvalue weighted by Gasteiger charge is 2.25. The molecule has 0 spiro atoms. The van der Waals surface area contributed by atoms with Crippen molar-refractivity contribution in [3.8, 4) is 0 Å². The van der Waals surface area contributed by atoms with Crippen LogP contribution in [-0.2, 0) is 9.59 Å². The number of aliphatic hydroxyl groups excluding tert-OH is 2. The quantitative estimate of drug-likeness (QED) is 0.246. The van der Waals surface area contributed by atoms with Crippen molar-refractivity contribution >= 4 is 11.9 Å². The third-order valence-electron chi connectivity index (χ3n) is 3.92. The molecule has 6 nitrogen and oxygen atoms in total. The van der Waals surface area contributed by atoms with Gasteiger partial charge in [-0.25, -0.2) is 4.79 Å². The van der Waals surface area contributed by atoms with Gasteiger partial charge in [0.1, 0.15) is 5.92 Å². The average molecular weight is 342 g/mol. The number of unbranched alkanes of at least 4 members (excludes halogenated alkanes) is 1. The minimum absolute atomic E-state index is 0.361. The molecule has 138 valence electrons. The predicted octanol–water partition coefficient (Wildman–Crippen LogP) is 2.60. The highest BCUT2D eigenvalue weighted by atomic mass is 16.4. The Morgan fingerprint density at radius 1 is 1.04 bits per heavy atom. The van der Waals surface area contributed by atoms with Crippen molar-refractivity contribution in [2.45, 2.75) is 59.0 Å². The van der Waals surface area contributed by atoms with Crippen LogP contribution in [0.2, 0.25) is 0 Å². The summed E-state index contributed by atoms with van der Waals surface area (Å²) in [5.41, 5.74) is 1.82. The molecule has 0 aliphatic heterocycles. The standard InChI is InChI=1S/C18H30O6/c1-12(8-13(2)9-14(3)10-17(21)22)6-4-5-7-16(20)15(11-19)18(23)24/h9-10,12,15-16,19-20H,4-8,11H2,1-3H3,(H,21,22)(H,23,24)/b13-9+,14-10+/t12-,15-,16-/m1/s1. The van der Waals surface area contributed by atoms with E-state index in [1.54, 1.807) is 6.92 Å². The Kier molecular flexibility index (Phi) is 11.0. The van der Waals surface area contributed by atoms with Gasteiger partial charge in [0.2, 0.25) is 0 Å². The summed E-state index contributed by atoms with van der Waals surface area (Å²) in [5.74, 6) is -2.82. The summed E-state index contributed by atoms with van der Waals surface area (Å²) in [4.78, 5) is 21.4. The van der Waals surface area contributed by atoms with Gasteiger partial charge < -0.3 is 20.4 Å². The normalized spacial score (nSPS) is 16.5. The van der Waals surface area contributed by atoms with Crippen molar-refractivity contribution in [3.05, 3.63) is 23.3 Å². The molecule has 0 saturated heterocycles. The molecule has 0 radical (unpaired) electrons. The lowest BCUT2D eigenvalue weighted by Gasteiger charge is -2.17. The molecule has 0 aliphatic rings. The first kappa shape index (κ1) is 22.3. The highest BCUT2D eigenvalue weighted by molar-refractivity contribution is 5.81. The van der Waals surface area contributed by atoms with Gasteiger partial charge >= 0.3 is 11.9 Å². The van der Waals surface area contributed by atoms with Crippen molar-refractivity contribution in [1.82, 2.24) is 0 Å². The molecule has 0 aromatic rings. The van der Waals surface area contributed by atoms with Crippen molar-refractivity contribution in [2.75, 3.05) is 6.61 Å². The van der Waals surface area contributed by atoms with E-state index in [1.807, 2.05) is 13.0 Å². The molecular formula is C18H30O6. The molecule has 0 rings (SSSR count). The number of carbonyl (C=O) groups is 2. The summed E-state index contributed by atoms with van der Waals surface area (Å²) in [5, 5.41) is 36.2. The molecule has 6 heteroatoms. The van der Waals surface area contributed by atoms with E-state index < -0.39 is 30.6 Å². The van der Waals surface area contributed by atoms with E-state index in [1.165, 1.54) is 6.08 Å². The molecule has 0 bridgehead atoms. The fourth-order valence-electron chi connectivity index (χ4n) is 2.75. The van der Waals surface area contributed by atoms with Crippen LogP contribution in [0.3, 0.4) is 0 Å². The van der Waals surface area contributed by atoms with Crippen LogP contribution < -0.4 is 0 Å². The van der Waals surface area contributed by atoms with Gasteiger partial charge in [-0.2, -0.15) is 0 Å². The van der Waals surface area contributed by atoms with Gasteiger partial charge in [-0.15, -0.1) is 0 Å². The van der Waals surface area contributed by atoms with Gasteiger partial charge in [-0.3, -0.25) is 4.79 Å². The Hall–Kier alpha value is -1.66. The van der Waals surface area contributed by atoms with Gasteiger partial charge in [0.05, 0.1) is 12.7 Å². The van der Waals surface area contributed by atoms with Crippen LogP contribution in [0.15, 0.2) is 23.3 Å². The maximum absolute atomic E-state index is 10.8. The summed E-state index contributed by atoms with van der Waals surface area (Å²) < 4.78 is 0. The average Bonchev–Trinajstić information content (AvgIpc) is 2.42. The van der Waals surface area contributed by atoms with Gasteiger partial charge in [-0.1, -0.05) is 37.8 Å². The second-order valence-corrected chi connectivity index (χ2v) is 6.51. The monoisotopic (exact) mass is 342 g/mol. The molecular weight excluding hydrogens is 312 g/mol. The van der Waals surface area contributed by atoms with Crippen LogP contribution in [-0.4, -0.2) is 45.1 Å². The molecule has 0 amide bonds. The molecule has 24 heavy (non-hydrogen) atoms. The minimum atomic E-state index is -1.18. The van der Waals surface area contributed by atoms with Crippen LogP contribution in [0, 0.1) is 11.8 Å². The zero-order valence-corrected chi connectivity index (χ0v) is 14.7. The lowest BCUT2D eigenvalue weighted by molar-refractivity contribution is -0.147. The van der Waals surface area contributed by atoms with Gasteiger partial charge in [0, 0.05) is 6.08 Å².